The summed E-state index contributed by atoms with van der Waals surface area (Å²) in [6.45, 7) is 13.7. The van der Waals surface area contributed by atoms with Crippen molar-refractivity contribution in [2.45, 2.75) is 74.7 Å². The van der Waals surface area contributed by atoms with Crippen molar-refractivity contribution in [3.8, 4) is 0 Å². The molecule has 2 atom stereocenters. The highest BCUT2D eigenvalue weighted by molar-refractivity contribution is 7.92. The predicted molar refractivity (Wildman–Crippen MR) is 128 cm³/mol. The van der Waals surface area contributed by atoms with Crippen LogP contribution in [0.25, 0.3) is 0 Å². The first-order valence-electron chi connectivity index (χ1n) is 11.3. The van der Waals surface area contributed by atoms with E-state index in [1.54, 1.807) is 12.1 Å². The van der Waals surface area contributed by atoms with E-state index in [4.69, 9.17) is 9.31 Å². The Hall–Kier alpha value is -1.67. The summed E-state index contributed by atoms with van der Waals surface area (Å²) in [6, 6.07) is 17.3. The third-order valence-corrected chi connectivity index (χ3v) is 9.85. The third-order valence-electron chi connectivity index (χ3n) is 7.49. The maximum atomic E-state index is 13.9. The minimum atomic E-state index is -3.60. The van der Waals surface area contributed by atoms with Crippen molar-refractivity contribution in [1.82, 2.24) is 4.90 Å². The van der Waals surface area contributed by atoms with Crippen molar-refractivity contribution in [2.24, 2.45) is 0 Å². The number of aryl methyl sites for hydroxylation is 1. The van der Waals surface area contributed by atoms with Crippen LogP contribution in [-0.2, 0) is 25.7 Å². The van der Waals surface area contributed by atoms with Crippen LogP contribution in [0.2, 0.25) is 5.31 Å². The fraction of sp³-hybridized carbons (Fsp3) is 0.520. The molecule has 0 spiro atoms. The van der Waals surface area contributed by atoms with Crippen LogP contribution in [0.3, 0.4) is 0 Å². The summed E-state index contributed by atoms with van der Waals surface area (Å²) < 4.78 is 40.6. The number of likely N-dealkylation sites (tertiary alicyclic amines) is 1. The van der Waals surface area contributed by atoms with Crippen LogP contribution in [0, 0.1) is 6.92 Å². The monoisotopic (exact) mass is 455 g/mol. The summed E-state index contributed by atoms with van der Waals surface area (Å²) >= 11 is 0. The molecule has 2 aliphatic heterocycles. The Bertz CT molecular complexity index is 1050. The van der Waals surface area contributed by atoms with Crippen LogP contribution >= 0.6 is 0 Å². The SMILES string of the molecule is Cc1ccc(S(=O)(=O)[C@H]2CN(Cc3ccccc3)C[C@]2(C)B2OC(C)(C)C(C)(C)O2)cc1. The van der Waals surface area contributed by atoms with Gasteiger partial charge in [-0.2, -0.15) is 0 Å². The van der Waals surface area contributed by atoms with Gasteiger partial charge in [-0.25, -0.2) is 8.42 Å². The van der Waals surface area contributed by atoms with Gasteiger partial charge in [-0.15, -0.1) is 0 Å². The summed E-state index contributed by atoms with van der Waals surface area (Å²) in [5.74, 6) is 0. The first-order chi connectivity index (χ1) is 14.8. The number of hydrogen-bond donors (Lipinski definition) is 0. The van der Waals surface area contributed by atoms with Crippen LogP contribution in [0.15, 0.2) is 59.5 Å². The average Bonchev–Trinajstić information content (AvgIpc) is 3.17. The van der Waals surface area contributed by atoms with Crippen LogP contribution in [0.5, 0.6) is 0 Å². The van der Waals surface area contributed by atoms with Gasteiger partial charge in [0.05, 0.1) is 21.3 Å². The van der Waals surface area contributed by atoms with Gasteiger partial charge in [0.1, 0.15) is 0 Å². The number of benzene rings is 2. The smallest absolute Gasteiger partial charge is 0.403 e. The molecule has 2 aromatic rings. The highest BCUT2D eigenvalue weighted by Crippen LogP contribution is 2.52. The standard InChI is InChI=1S/C25H34BNO4S/c1-19-12-14-21(15-13-19)32(28,29)22-17-27(16-20-10-8-7-9-11-20)18-25(22,6)26-30-23(2,3)24(4,5)31-26/h7-15,22H,16-18H2,1-6H3/t22-,25-/m0/s1. The second-order valence-corrected chi connectivity index (χ2v) is 12.7. The van der Waals surface area contributed by atoms with Gasteiger partial charge in [0.15, 0.2) is 9.84 Å². The van der Waals surface area contributed by atoms with Crippen LogP contribution in [-0.4, -0.2) is 50.0 Å². The molecule has 2 aliphatic rings. The molecule has 2 fully saturated rings. The molecular weight excluding hydrogens is 421 g/mol. The van der Waals surface area contributed by atoms with Gasteiger partial charge in [0, 0.05) is 24.9 Å². The highest BCUT2D eigenvalue weighted by atomic mass is 32.2. The van der Waals surface area contributed by atoms with E-state index in [0.29, 0.717) is 24.5 Å². The van der Waals surface area contributed by atoms with Crippen LogP contribution in [0.1, 0.15) is 45.7 Å². The van der Waals surface area contributed by atoms with Crippen LogP contribution in [0.4, 0.5) is 0 Å². The zero-order valence-corrected chi connectivity index (χ0v) is 20.8. The predicted octanol–water partition coefficient (Wildman–Crippen LogP) is 4.51. The molecule has 0 aromatic heterocycles. The summed E-state index contributed by atoms with van der Waals surface area (Å²) in [5, 5.41) is -1.36. The van der Waals surface area contributed by atoms with Gasteiger partial charge in [-0.1, -0.05) is 55.0 Å². The van der Waals surface area contributed by atoms with Gasteiger partial charge in [-0.05, 0) is 52.3 Å². The molecule has 0 amide bonds. The molecule has 2 heterocycles. The Morgan fingerprint density at radius 3 is 2.06 bits per heavy atom. The summed E-state index contributed by atoms with van der Waals surface area (Å²) in [4.78, 5) is 2.58. The Kier molecular flexibility index (Phi) is 5.86. The van der Waals surface area contributed by atoms with Gasteiger partial charge in [-0.3, -0.25) is 4.90 Å². The van der Waals surface area contributed by atoms with Crippen molar-refractivity contribution in [2.75, 3.05) is 13.1 Å². The summed E-state index contributed by atoms with van der Waals surface area (Å²) in [6.07, 6.45) is 0. The normalized spacial score (nSPS) is 27.7. The first kappa shape index (κ1) is 23.5. The van der Waals surface area contributed by atoms with E-state index in [9.17, 15) is 8.42 Å². The van der Waals surface area contributed by atoms with E-state index in [-0.39, 0.29) is 0 Å². The Morgan fingerprint density at radius 1 is 0.938 bits per heavy atom. The Labute approximate surface area is 193 Å². The molecule has 0 bridgehead atoms. The molecule has 4 rings (SSSR count). The molecule has 7 heteroatoms. The lowest BCUT2D eigenvalue weighted by Crippen LogP contribution is -2.45. The van der Waals surface area contributed by atoms with E-state index in [1.165, 1.54) is 0 Å². The zero-order chi connectivity index (χ0) is 23.4. The molecule has 5 nitrogen and oxygen atoms in total. The highest BCUT2D eigenvalue weighted by Gasteiger charge is 2.65. The summed E-state index contributed by atoms with van der Waals surface area (Å²) in [7, 11) is -4.21. The Balaban J connectivity index is 1.71. The molecule has 0 N–H and O–H groups in total. The van der Waals surface area contributed by atoms with Crippen LogP contribution < -0.4 is 0 Å². The Morgan fingerprint density at radius 2 is 1.50 bits per heavy atom. The number of rotatable bonds is 5. The second kappa shape index (κ2) is 7.98. The molecular formula is C25H34BNO4S. The van der Waals surface area contributed by atoms with Crippen molar-refractivity contribution in [1.29, 1.82) is 0 Å². The lowest BCUT2D eigenvalue weighted by molar-refractivity contribution is 0.00578. The van der Waals surface area contributed by atoms with Crippen molar-refractivity contribution in [3.63, 3.8) is 0 Å². The van der Waals surface area contributed by atoms with E-state index in [2.05, 4.69) is 17.0 Å². The molecule has 2 aromatic carbocycles. The van der Waals surface area contributed by atoms with E-state index in [1.807, 2.05) is 71.9 Å². The molecule has 32 heavy (non-hydrogen) atoms. The number of hydrogen-bond acceptors (Lipinski definition) is 5. The van der Waals surface area contributed by atoms with Gasteiger partial charge >= 0.3 is 7.12 Å². The van der Waals surface area contributed by atoms with Crippen molar-refractivity contribution in [3.05, 3.63) is 65.7 Å². The van der Waals surface area contributed by atoms with Gasteiger partial charge < -0.3 is 9.31 Å². The molecule has 0 radical (unpaired) electrons. The van der Waals surface area contributed by atoms with Gasteiger partial charge in [0.25, 0.3) is 0 Å². The summed E-state index contributed by atoms with van der Waals surface area (Å²) in [5.41, 5.74) is 1.16. The topological polar surface area (TPSA) is 55.8 Å². The second-order valence-electron chi connectivity index (χ2n) is 10.6. The van der Waals surface area contributed by atoms with Gasteiger partial charge in [0.2, 0.25) is 0 Å². The third kappa shape index (κ3) is 4.05. The molecule has 0 saturated carbocycles. The van der Waals surface area contributed by atoms with E-state index in [0.717, 1.165) is 11.1 Å². The fourth-order valence-corrected chi connectivity index (χ4v) is 6.88. The maximum Gasteiger partial charge on any atom is 0.466 e. The molecule has 0 aliphatic carbocycles. The van der Waals surface area contributed by atoms with Crippen molar-refractivity contribution >= 4 is 17.0 Å². The first-order valence-corrected chi connectivity index (χ1v) is 12.8. The zero-order valence-electron chi connectivity index (χ0n) is 20.0. The molecule has 172 valence electrons. The lowest BCUT2D eigenvalue weighted by Gasteiger charge is -2.32. The van der Waals surface area contributed by atoms with E-state index >= 15 is 0 Å². The maximum absolute atomic E-state index is 13.9. The molecule has 0 unspecified atom stereocenters. The van der Waals surface area contributed by atoms with E-state index < -0.39 is 38.7 Å². The number of nitrogens with zero attached hydrogens (tertiary/aromatic N) is 1. The van der Waals surface area contributed by atoms with Crippen molar-refractivity contribution < 1.29 is 17.7 Å². The minimum absolute atomic E-state index is 0.359. The molecule has 2 saturated heterocycles. The average molecular weight is 455 g/mol. The lowest BCUT2D eigenvalue weighted by atomic mass is 9.57. The largest absolute Gasteiger partial charge is 0.466 e. The minimum Gasteiger partial charge on any atom is -0.403 e. The fourth-order valence-electron chi connectivity index (χ4n) is 4.74. The number of sulfone groups is 1. The quantitative estimate of drug-likeness (QED) is 0.622.